The number of nitrogens with zero attached hydrogens (tertiary/aromatic N) is 1. The largest absolute Gasteiger partial charge is 0.462 e. The van der Waals surface area contributed by atoms with Crippen molar-refractivity contribution < 1.29 is 27.1 Å². The second-order valence-electron chi connectivity index (χ2n) is 3.21. The van der Waals surface area contributed by atoms with E-state index < -0.39 is 34.7 Å². The van der Waals surface area contributed by atoms with Crippen LogP contribution in [0, 0.1) is 17.1 Å². The lowest BCUT2D eigenvalue weighted by Crippen LogP contribution is -2.16. The van der Waals surface area contributed by atoms with E-state index in [0.29, 0.717) is 6.07 Å². The van der Waals surface area contributed by atoms with Crippen LogP contribution in [0.25, 0.3) is 0 Å². The molecule has 7 heteroatoms. The zero-order chi connectivity index (χ0) is 13.9. The van der Waals surface area contributed by atoms with E-state index in [1.807, 2.05) is 0 Å². The highest BCUT2D eigenvalue weighted by Crippen LogP contribution is 2.33. The van der Waals surface area contributed by atoms with Crippen LogP contribution < -0.4 is 0 Å². The molecule has 0 radical (unpaired) electrons. The number of hydrogen-bond donors (Lipinski definition) is 0. The van der Waals surface area contributed by atoms with Gasteiger partial charge in [0.25, 0.3) is 0 Å². The number of carbonyl (C=O) groups excluding carboxylic acids is 1. The summed E-state index contributed by atoms with van der Waals surface area (Å²) < 4.78 is 55.4. The van der Waals surface area contributed by atoms with Gasteiger partial charge < -0.3 is 4.74 Å². The maximum Gasteiger partial charge on any atom is 0.417 e. The number of hydrogen-bond acceptors (Lipinski definition) is 3. The second-order valence-corrected chi connectivity index (χ2v) is 3.21. The molecule has 0 saturated carbocycles. The van der Waals surface area contributed by atoms with Crippen molar-refractivity contribution in [3.63, 3.8) is 0 Å². The van der Waals surface area contributed by atoms with Gasteiger partial charge in [0, 0.05) is 0 Å². The van der Waals surface area contributed by atoms with E-state index >= 15 is 0 Å². The normalized spacial score (nSPS) is 10.9. The second kappa shape index (κ2) is 5.04. The van der Waals surface area contributed by atoms with Gasteiger partial charge in [0.05, 0.1) is 23.3 Å². The van der Waals surface area contributed by atoms with Crippen molar-refractivity contribution in [2.45, 2.75) is 13.1 Å². The Labute approximate surface area is 99.6 Å². The Morgan fingerprint density at radius 1 is 1.44 bits per heavy atom. The molecule has 1 aromatic carbocycles. The van der Waals surface area contributed by atoms with Gasteiger partial charge in [-0.2, -0.15) is 18.4 Å². The average molecular weight is 261 g/mol. The monoisotopic (exact) mass is 261 g/mol. The Balaban J connectivity index is 3.46. The number of rotatable bonds is 2. The molecule has 0 unspecified atom stereocenters. The number of halogens is 4. The fourth-order valence-corrected chi connectivity index (χ4v) is 1.27. The van der Waals surface area contributed by atoms with Crippen LogP contribution in [0.3, 0.4) is 0 Å². The number of benzene rings is 1. The predicted molar refractivity (Wildman–Crippen MR) is 52.1 cm³/mol. The molecule has 0 aliphatic carbocycles. The highest BCUT2D eigenvalue weighted by Gasteiger charge is 2.37. The lowest BCUT2D eigenvalue weighted by Gasteiger charge is -2.12. The van der Waals surface area contributed by atoms with Gasteiger partial charge in [-0.25, -0.2) is 9.18 Å². The fraction of sp³-hybridized carbons (Fsp3) is 0.273. The third kappa shape index (κ3) is 2.77. The minimum atomic E-state index is -4.91. The summed E-state index contributed by atoms with van der Waals surface area (Å²) in [7, 11) is 0. The molecule has 0 N–H and O–H groups in total. The summed E-state index contributed by atoms with van der Waals surface area (Å²) in [5, 5.41) is 8.52. The van der Waals surface area contributed by atoms with Gasteiger partial charge in [-0.3, -0.25) is 0 Å². The summed E-state index contributed by atoms with van der Waals surface area (Å²) >= 11 is 0. The third-order valence-corrected chi connectivity index (χ3v) is 2.03. The van der Waals surface area contributed by atoms with Crippen LogP contribution in [0.1, 0.15) is 28.4 Å². The lowest BCUT2D eigenvalue weighted by atomic mass is 10.0. The summed E-state index contributed by atoms with van der Waals surface area (Å²) in [6, 6.07) is 2.01. The van der Waals surface area contributed by atoms with Crippen LogP contribution in [0.2, 0.25) is 0 Å². The van der Waals surface area contributed by atoms with Crippen molar-refractivity contribution in [2.75, 3.05) is 6.61 Å². The van der Waals surface area contributed by atoms with Gasteiger partial charge >= 0.3 is 12.1 Å². The highest BCUT2D eigenvalue weighted by molar-refractivity contribution is 5.91. The van der Waals surface area contributed by atoms with Crippen LogP contribution >= 0.6 is 0 Å². The first-order valence-electron chi connectivity index (χ1n) is 4.79. The van der Waals surface area contributed by atoms with Crippen LogP contribution in [-0.2, 0) is 10.9 Å². The molecule has 18 heavy (non-hydrogen) atoms. The molecule has 0 fully saturated rings. The summed E-state index contributed by atoms with van der Waals surface area (Å²) in [5.41, 5.74) is -2.98. The third-order valence-electron chi connectivity index (χ3n) is 2.03. The molecule has 1 aromatic rings. The molecule has 0 atom stereocenters. The summed E-state index contributed by atoms with van der Waals surface area (Å²) in [6.07, 6.45) is -4.91. The summed E-state index contributed by atoms with van der Waals surface area (Å²) in [4.78, 5) is 11.3. The lowest BCUT2D eigenvalue weighted by molar-refractivity contribution is -0.138. The number of nitriles is 1. The molecule has 0 aliphatic rings. The van der Waals surface area contributed by atoms with E-state index in [1.165, 1.54) is 13.0 Å². The Bertz CT molecular complexity index is 517. The van der Waals surface area contributed by atoms with E-state index in [9.17, 15) is 22.4 Å². The number of esters is 1. The van der Waals surface area contributed by atoms with E-state index in [2.05, 4.69) is 4.74 Å². The van der Waals surface area contributed by atoms with Crippen molar-refractivity contribution in [3.8, 4) is 6.07 Å². The maximum absolute atomic E-state index is 13.1. The van der Waals surface area contributed by atoms with Crippen LogP contribution in [0.15, 0.2) is 12.1 Å². The molecule has 1 rings (SSSR count). The molecular formula is C11H7F4NO2. The van der Waals surface area contributed by atoms with Gasteiger partial charge in [-0.05, 0) is 19.1 Å². The zero-order valence-electron chi connectivity index (χ0n) is 9.14. The zero-order valence-corrected chi connectivity index (χ0v) is 9.14. The van der Waals surface area contributed by atoms with Crippen LogP contribution in [-0.4, -0.2) is 12.6 Å². The van der Waals surface area contributed by atoms with Crippen molar-refractivity contribution in [1.29, 1.82) is 5.26 Å². The number of carbonyl (C=O) groups is 1. The van der Waals surface area contributed by atoms with E-state index in [-0.39, 0.29) is 12.7 Å². The SMILES string of the molecule is CCOC(=O)c1cc(C#N)c(F)cc1C(F)(F)F. The minimum Gasteiger partial charge on any atom is -0.462 e. The van der Waals surface area contributed by atoms with E-state index in [0.717, 1.165) is 0 Å². The minimum absolute atomic E-state index is 0.116. The Morgan fingerprint density at radius 2 is 2.06 bits per heavy atom. The van der Waals surface area contributed by atoms with Crippen molar-refractivity contribution in [2.24, 2.45) is 0 Å². The molecule has 0 aliphatic heterocycles. The van der Waals surface area contributed by atoms with Crippen LogP contribution in [0.4, 0.5) is 17.6 Å². The van der Waals surface area contributed by atoms with Crippen molar-refractivity contribution in [3.05, 3.63) is 34.6 Å². The molecule has 0 heterocycles. The van der Waals surface area contributed by atoms with Crippen molar-refractivity contribution in [1.82, 2.24) is 0 Å². The molecule has 0 spiro atoms. The molecular weight excluding hydrogens is 254 g/mol. The standard InChI is InChI=1S/C11H7F4NO2/c1-2-18-10(17)7-3-6(5-16)9(12)4-8(7)11(13,14)15/h3-4H,2H2,1H3. The first-order valence-corrected chi connectivity index (χ1v) is 4.79. The molecule has 0 amide bonds. The van der Waals surface area contributed by atoms with E-state index in [4.69, 9.17) is 5.26 Å². The Morgan fingerprint density at radius 3 is 2.50 bits per heavy atom. The van der Waals surface area contributed by atoms with Gasteiger partial charge in [0.2, 0.25) is 0 Å². The summed E-state index contributed by atoms with van der Waals surface area (Å²) in [6.45, 7) is 1.29. The first-order chi connectivity index (χ1) is 8.31. The van der Waals surface area contributed by atoms with E-state index in [1.54, 1.807) is 0 Å². The molecule has 96 valence electrons. The Kier molecular flexibility index (Phi) is 3.91. The molecule has 0 bridgehead atoms. The fourth-order valence-electron chi connectivity index (χ4n) is 1.27. The molecule has 3 nitrogen and oxygen atoms in total. The van der Waals surface area contributed by atoms with Gasteiger partial charge in [-0.1, -0.05) is 0 Å². The summed E-state index contributed by atoms with van der Waals surface area (Å²) in [5.74, 6) is -2.58. The average Bonchev–Trinajstić information content (AvgIpc) is 2.27. The predicted octanol–water partition coefficient (Wildman–Crippen LogP) is 2.89. The number of ether oxygens (including phenoxy) is 1. The van der Waals surface area contributed by atoms with Crippen molar-refractivity contribution >= 4 is 5.97 Å². The van der Waals surface area contributed by atoms with Gasteiger partial charge in [0.1, 0.15) is 11.9 Å². The van der Waals surface area contributed by atoms with Gasteiger partial charge in [0.15, 0.2) is 0 Å². The smallest absolute Gasteiger partial charge is 0.417 e. The first kappa shape index (κ1) is 14.0. The quantitative estimate of drug-likeness (QED) is 0.607. The Hall–Kier alpha value is -2.10. The van der Waals surface area contributed by atoms with Crippen LogP contribution in [0.5, 0.6) is 0 Å². The topological polar surface area (TPSA) is 50.1 Å². The highest BCUT2D eigenvalue weighted by atomic mass is 19.4. The van der Waals surface area contributed by atoms with Gasteiger partial charge in [-0.15, -0.1) is 0 Å². The maximum atomic E-state index is 13.1. The molecule has 0 saturated heterocycles. The molecule has 0 aromatic heterocycles. The number of alkyl halides is 3.